The van der Waals surface area contributed by atoms with Crippen molar-refractivity contribution in [1.82, 2.24) is 10.2 Å². The van der Waals surface area contributed by atoms with Crippen molar-refractivity contribution in [2.75, 3.05) is 19.6 Å². The topological polar surface area (TPSA) is 62.6 Å². The predicted octanol–water partition coefficient (Wildman–Crippen LogP) is 3.00. The van der Waals surface area contributed by atoms with Crippen LogP contribution in [-0.4, -0.2) is 36.3 Å². The van der Waals surface area contributed by atoms with Gasteiger partial charge in [-0.2, -0.15) is 0 Å². The van der Waals surface area contributed by atoms with Crippen LogP contribution in [0.25, 0.3) is 11.3 Å². The molecule has 0 bridgehead atoms. The molecule has 0 aliphatic carbocycles. The second-order valence-corrected chi connectivity index (χ2v) is 6.06. The summed E-state index contributed by atoms with van der Waals surface area (Å²) in [6.07, 6.45) is 2.36. The summed E-state index contributed by atoms with van der Waals surface area (Å²) in [6, 6.07) is 11.4. The SMILES string of the molecule is Cc1cc(C(=O)NCCCN2CCCC2=O)c(-c2ccccc2)o1. The Hall–Kier alpha value is -2.56. The minimum atomic E-state index is -0.140. The van der Waals surface area contributed by atoms with Crippen LogP contribution in [0, 0.1) is 6.92 Å². The second kappa shape index (κ2) is 7.34. The normalized spacial score (nSPS) is 14.2. The Morgan fingerprint density at radius 3 is 2.79 bits per heavy atom. The smallest absolute Gasteiger partial charge is 0.255 e. The predicted molar refractivity (Wildman–Crippen MR) is 91.6 cm³/mol. The molecule has 0 saturated carbocycles. The van der Waals surface area contributed by atoms with Crippen molar-refractivity contribution < 1.29 is 14.0 Å². The summed E-state index contributed by atoms with van der Waals surface area (Å²) >= 11 is 0. The molecule has 2 amide bonds. The average molecular weight is 326 g/mol. The summed E-state index contributed by atoms with van der Waals surface area (Å²) in [6.45, 7) is 3.92. The van der Waals surface area contributed by atoms with Gasteiger partial charge in [0.25, 0.3) is 5.91 Å². The van der Waals surface area contributed by atoms with Crippen LogP contribution < -0.4 is 5.32 Å². The molecule has 3 rings (SSSR count). The molecule has 0 radical (unpaired) electrons. The number of benzene rings is 1. The van der Waals surface area contributed by atoms with Crippen LogP contribution in [0.1, 0.15) is 35.4 Å². The second-order valence-electron chi connectivity index (χ2n) is 6.06. The first-order valence-corrected chi connectivity index (χ1v) is 8.37. The first kappa shape index (κ1) is 16.3. The zero-order chi connectivity index (χ0) is 16.9. The molecule has 1 aliphatic rings. The molecule has 5 heteroatoms. The molecule has 1 aliphatic heterocycles. The number of carbonyl (C=O) groups excluding carboxylic acids is 2. The third kappa shape index (κ3) is 3.67. The number of nitrogens with zero attached hydrogens (tertiary/aromatic N) is 1. The lowest BCUT2D eigenvalue weighted by molar-refractivity contribution is -0.127. The number of hydrogen-bond acceptors (Lipinski definition) is 3. The Bertz CT molecular complexity index is 721. The van der Waals surface area contributed by atoms with Crippen LogP contribution in [0.4, 0.5) is 0 Å². The molecule has 1 aromatic carbocycles. The van der Waals surface area contributed by atoms with Gasteiger partial charge in [-0.1, -0.05) is 30.3 Å². The Morgan fingerprint density at radius 2 is 2.08 bits per heavy atom. The lowest BCUT2D eigenvalue weighted by Gasteiger charge is -2.15. The van der Waals surface area contributed by atoms with Gasteiger partial charge in [0.2, 0.25) is 5.91 Å². The maximum Gasteiger partial charge on any atom is 0.255 e. The molecule has 0 atom stereocenters. The fourth-order valence-corrected chi connectivity index (χ4v) is 2.99. The Labute approximate surface area is 141 Å². The third-order valence-electron chi connectivity index (χ3n) is 4.20. The fraction of sp³-hybridized carbons (Fsp3) is 0.368. The van der Waals surface area contributed by atoms with Crippen LogP contribution >= 0.6 is 0 Å². The molecule has 126 valence electrons. The van der Waals surface area contributed by atoms with Gasteiger partial charge in [-0.15, -0.1) is 0 Å². The van der Waals surface area contributed by atoms with Crippen molar-refractivity contribution in [2.45, 2.75) is 26.2 Å². The molecule has 24 heavy (non-hydrogen) atoms. The van der Waals surface area contributed by atoms with E-state index in [0.717, 1.165) is 24.9 Å². The Morgan fingerprint density at radius 1 is 1.29 bits per heavy atom. The van der Waals surface area contributed by atoms with Gasteiger partial charge in [0, 0.05) is 31.6 Å². The Kier molecular flexibility index (Phi) is 4.99. The van der Waals surface area contributed by atoms with Crippen molar-refractivity contribution in [3.05, 3.63) is 47.7 Å². The fourth-order valence-electron chi connectivity index (χ4n) is 2.99. The van der Waals surface area contributed by atoms with Crippen LogP contribution in [-0.2, 0) is 4.79 Å². The molecule has 0 unspecified atom stereocenters. The lowest BCUT2D eigenvalue weighted by Crippen LogP contribution is -2.30. The summed E-state index contributed by atoms with van der Waals surface area (Å²) in [5.41, 5.74) is 1.44. The zero-order valence-corrected chi connectivity index (χ0v) is 13.9. The molecule has 2 heterocycles. The number of hydrogen-bond donors (Lipinski definition) is 1. The highest BCUT2D eigenvalue weighted by Crippen LogP contribution is 2.26. The van der Waals surface area contributed by atoms with Crippen molar-refractivity contribution in [1.29, 1.82) is 0 Å². The molecule has 1 aromatic heterocycles. The minimum Gasteiger partial charge on any atom is -0.461 e. The molecule has 2 aromatic rings. The van der Waals surface area contributed by atoms with Crippen molar-refractivity contribution >= 4 is 11.8 Å². The molecule has 1 saturated heterocycles. The highest BCUT2D eigenvalue weighted by Gasteiger charge is 2.20. The summed E-state index contributed by atoms with van der Waals surface area (Å²) in [5.74, 6) is 1.39. The monoisotopic (exact) mass is 326 g/mol. The van der Waals surface area contributed by atoms with E-state index in [1.807, 2.05) is 42.2 Å². The van der Waals surface area contributed by atoms with E-state index in [9.17, 15) is 9.59 Å². The number of amides is 2. The molecular weight excluding hydrogens is 304 g/mol. The van der Waals surface area contributed by atoms with Crippen LogP contribution in [0.2, 0.25) is 0 Å². The van der Waals surface area contributed by atoms with E-state index in [2.05, 4.69) is 5.32 Å². The van der Waals surface area contributed by atoms with Gasteiger partial charge in [0.05, 0.1) is 5.56 Å². The molecule has 1 N–H and O–H groups in total. The maximum absolute atomic E-state index is 12.5. The van der Waals surface area contributed by atoms with Gasteiger partial charge >= 0.3 is 0 Å². The minimum absolute atomic E-state index is 0.140. The third-order valence-corrected chi connectivity index (χ3v) is 4.20. The molecular formula is C19H22N2O3. The van der Waals surface area contributed by atoms with E-state index in [1.54, 1.807) is 6.07 Å². The first-order chi connectivity index (χ1) is 11.6. The number of likely N-dealkylation sites (tertiary alicyclic amines) is 1. The summed E-state index contributed by atoms with van der Waals surface area (Å²) in [5, 5.41) is 2.92. The van der Waals surface area contributed by atoms with E-state index in [4.69, 9.17) is 4.42 Å². The van der Waals surface area contributed by atoms with E-state index < -0.39 is 0 Å². The van der Waals surface area contributed by atoms with Crippen molar-refractivity contribution in [3.63, 3.8) is 0 Å². The lowest BCUT2D eigenvalue weighted by atomic mass is 10.1. The maximum atomic E-state index is 12.5. The van der Waals surface area contributed by atoms with Crippen molar-refractivity contribution in [2.24, 2.45) is 0 Å². The number of furan rings is 1. The van der Waals surface area contributed by atoms with Gasteiger partial charge in [-0.3, -0.25) is 9.59 Å². The summed E-state index contributed by atoms with van der Waals surface area (Å²) in [7, 11) is 0. The zero-order valence-electron chi connectivity index (χ0n) is 13.9. The standard InChI is InChI=1S/C19H22N2O3/c1-14-13-16(18(24-14)15-7-3-2-4-8-15)19(23)20-10-6-12-21-11-5-9-17(21)22/h2-4,7-8,13H,5-6,9-12H2,1H3,(H,20,23). The highest BCUT2D eigenvalue weighted by molar-refractivity contribution is 5.99. The quantitative estimate of drug-likeness (QED) is 0.830. The van der Waals surface area contributed by atoms with Gasteiger partial charge in [0.15, 0.2) is 0 Å². The van der Waals surface area contributed by atoms with Crippen LogP contribution in [0.5, 0.6) is 0 Å². The van der Waals surface area contributed by atoms with Gasteiger partial charge in [-0.05, 0) is 25.8 Å². The van der Waals surface area contributed by atoms with Crippen LogP contribution in [0.15, 0.2) is 40.8 Å². The summed E-state index contributed by atoms with van der Waals surface area (Å²) < 4.78 is 5.71. The summed E-state index contributed by atoms with van der Waals surface area (Å²) in [4.78, 5) is 25.9. The Balaban J connectivity index is 1.58. The van der Waals surface area contributed by atoms with Crippen LogP contribution in [0.3, 0.4) is 0 Å². The number of carbonyl (C=O) groups is 2. The highest BCUT2D eigenvalue weighted by atomic mass is 16.3. The van der Waals surface area contributed by atoms with E-state index in [0.29, 0.717) is 36.6 Å². The molecule has 1 fully saturated rings. The van der Waals surface area contributed by atoms with Crippen molar-refractivity contribution in [3.8, 4) is 11.3 Å². The average Bonchev–Trinajstić information content (AvgIpc) is 3.18. The van der Waals surface area contributed by atoms with E-state index in [-0.39, 0.29) is 11.8 Å². The van der Waals surface area contributed by atoms with Gasteiger partial charge < -0.3 is 14.6 Å². The number of aryl methyl sites for hydroxylation is 1. The van der Waals surface area contributed by atoms with Gasteiger partial charge in [-0.25, -0.2) is 0 Å². The number of rotatable bonds is 6. The number of nitrogens with one attached hydrogen (secondary N) is 1. The van der Waals surface area contributed by atoms with E-state index >= 15 is 0 Å². The molecule has 0 spiro atoms. The largest absolute Gasteiger partial charge is 0.461 e. The van der Waals surface area contributed by atoms with E-state index in [1.165, 1.54) is 0 Å². The molecule has 5 nitrogen and oxygen atoms in total. The first-order valence-electron chi connectivity index (χ1n) is 8.37. The van der Waals surface area contributed by atoms with Gasteiger partial charge in [0.1, 0.15) is 11.5 Å².